The lowest BCUT2D eigenvalue weighted by atomic mass is 9.55. The van der Waals surface area contributed by atoms with Crippen molar-refractivity contribution in [3.8, 4) is 11.4 Å². The van der Waals surface area contributed by atoms with Gasteiger partial charge < -0.3 is 10.7 Å². The molecule has 198 valence electrons. The van der Waals surface area contributed by atoms with Gasteiger partial charge in [-0.25, -0.2) is 9.97 Å². The molecule has 2 bridgehead atoms. The van der Waals surface area contributed by atoms with E-state index in [1.165, 1.54) is 32.1 Å². The van der Waals surface area contributed by atoms with Gasteiger partial charge in [-0.15, -0.1) is 5.11 Å². The topological polar surface area (TPSA) is 104 Å². The fourth-order valence-electron chi connectivity index (χ4n) is 7.84. The third-order valence-corrected chi connectivity index (χ3v) is 9.81. The standard InChI is InChI=1S/C30H36BrN7/c1-18-13-19-15-25-22(24(14-18)26(25)16-19)9-11-38(12-10-28(32)36-37-33)30-23-7-2-3-8-27(23)34-29(35-30)20-5-4-6-21(31)17-20/h2-8,17-19,22,24-26H,9-16H2,1H3,(H3,32,33,36). The van der Waals surface area contributed by atoms with Crippen molar-refractivity contribution in [1.82, 2.24) is 9.97 Å². The fourth-order valence-corrected chi connectivity index (χ4v) is 8.24. The zero-order valence-electron chi connectivity index (χ0n) is 21.9. The number of halogens is 1. The Kier molecular flexibility index (Phi) is 7.16. The predicted octanol–water partition coefficient (Wildman–Crippen LogP) is 7.27. The molecule has 0 aliphatic heterocycles. The molecule has 0 saturated heterocycles. The van der Waals surface area contributed by atoms with Crippen molar-refractivity contribution in [2.45, 2.75) is 45.4 Å². The Morgan fingerprint density at radius 3 is 2.68 bits per heavy atom. The van der Waals surface area contributed by atoms with E-state index in [-0.39, 0.29) is 5.84 Å². The molecule has 8 heteroatoms. The first-order valence-corrected chi connectivity index (χ1v) is 14.8. The van der Waals surface area contributed by atoms with E-state index < -0.39 is 0 Å². The summed E-state index contributed by atoms with van der Waals surface area (Å²) in [4.78, 5) is 12.4. The van der Waals surface area contributed by atoms with Crippen LogP contribution in [0.4, 0.5) is 5.82 Å². The maximum atomic E-state index is 8.18. The summed E-state index contributed by atoms with van der Waals surface area (Å²) in [5.41, 5.74) is 1.91. The van der Waals surface area contributed by atoms with Crippen molar-refractivity contribution in [2.24, 2.45) is 51.7 Å². The van der Waals surface area contributed by atoms with Gasteiger partial charge in [0.2, 0.25) is 0 Å². The zero-order chi connectivity index (χ0) is 26.2. The number of benzene rings is 2. The van der Waals surface area contributed by atoms with Gasteiger partial charge in [0.25, 0.3) is 0 Å². The van der Waals surface area contributed by atoms with Crippen LogP contribution in [-0.4, -0.2) is 28.9 Å². The SMILES string of the molecule is CC1CC2CC3C(CCN(CCC(=N)N=NN)c4nc(-c5cccc(Br)c5)nc5ccccc45)C(C1)C3C2. The highest BCUT2D eigenvalue weighted by Gasteiger charge is 2.56. The number of hydrogen-bond acceptors (Lipinski definition) is 5. The molecule has 3 aliphatic carbocycles. The van der Waals surface area contributed by atoms with Crippen LogP contribution in [0.1, 0.15) is 45.4 Å². The molecular weight excluding hydrogens is 538 g/mol. The monoisotopic (exact) mass is 573 g/mol. The second-order valence-corrected chi connectivity index (χ2v) is 12.6. The first kappa shape index (κ1) is 25.4. The fraction of sp³-hybridized carbons (Fsp3) is 0.500. The molecule has 7 nitrogen and oxygen atoms in total. The lowest BCUT2D eigenvalue weighted by molar-refractivity contribution is -0.0188. The van der Waals surface area contributed by atoms with Gasteiger partial charge in [0.05, 0.1) is 5.52 Å². The van der Waals surface area contributed by atoms with Gasteiger partial charge in [0, 0.05) is 34.9 Å². The second kappa shape index (κ2) is 10.7. The van der Waals surface area contributed by atoms with Gasteiger partial charge in [-0.3, -0.25) is 5.41 Å². The lowest BCUT2D eigenvalue weighted by Gasteiger charge is -2.51. The highest BCUT2D eigenvalue weighted by atomic mass is 79.9. The van der Waals surface area contributed by atoms with E-state index in [4.69, 9.17) is 21.2 Å². The van der Waals surface area contributed by atoms with Crippen LogP contribution in [-0.2, 0) is 0 Å². The minimum atomic E-state index is 0.187. The smallest absolute Gasteiger partial charge is 0.162 e. The summed E-state index contributed by atoms with van der Waals surface area (Å²) in [5, 5.41) is 16.3. The maximum absolute atomic E-state index is 8.18. The highest BCUT2D eigenvalue weighted by Crippen LogP contribution is 2.63. The molecule has 0 radical (unpaired) electrons. The van der Waals surface area contributed by atoms with Gasteiger partial charge >= 0.3 is 0 Å². The predicted molar refractivity (Wildman–Crippen MR) is 156 cm³/mol. The van der Waals surface area contributed by atoms with Gasteiger partial charge in [-0.05, 0) is 91.9 Å². The summed E-state index contributed by atoms with van der Waals surface area (Å²) in [6.07, 6.45) is 7.36. The van der Waals surface area contributed by atoms with Crippen LogP contribution >= 0.6 is 15.9 Å². The number of hydrogen-bond donors (Lipinski definition) is 2. The molecule has 3 N–H and O–H groups in total. The normalized spacial score (nSPS) is 27.8. The van der Waals surface area contributed by atoms with Crippen molar-refractivity contribution >= 4 is 38.5 Å². The Hall–Kier alpha value is -2.87. The summed E-state index contributed by atoms with van der Waals surface area (Å²) >= 11 is 3.60. The molecule has 3 aliphatic rings. The molecule has 3 fully saturated rings. The average Bonchev–Trinajstić information content (AvgIpc) is 3.19. The van der Waals surface area contributed by atoms with E-state index >= 15 is 0 Å². The van der Waals surface area contributed by atoms with E-state index in [0.717, 1.165) is 68.8 Å². The van der Waals surface area contributed by atoms with Gasteiger partial charge in [0.15, 0.2) is 5.82 Å². The van der Waals surface area contributed by atoms with Crippen LogP contribution in [0.3, 0.4) is 0 Å². The number of amidine groups is 1. The number of para-hydroxylation sites is 1. The van der Waals surface area contributed by atoms with Gasteiger partial charge in [0.1, 0.15) is 11.7 Å². The highest BCUT2D eigenvalue weighted by molar-refractivity contribution is 9.10. The van der Waals surface area contributed by atoms with Crippen LogP contribution in [0.15, 0.2) is 63.3 Å². The molecule has 1 aromatic heterocycles. The molecular formula is C30H36BrN7. The van der Waals surface area contributed by atoms with Crippen LogP contribution in [0.25, 0.3) is 22.3 Å². The number of nitrogens with two attached hydrogens (primary N) is 1. The van der Waals surface area contributed by atoms with Crippen molar-refractivity contribution in [1.29, 1.82) is 5.41 Å². The van der Waals surface area contributed by atoms with Gasteiger partial charge in [-0.2, -0.15) is 0 Å². The number of rotatable bonds is 8. The van der Waals surface area contributed by atoms with E-state index in [1.807, 2.05) is 18.2 Å². The quantitative estimate of drug-likeness (QED) is 0.0971. The summed E-state index contributed by atoms with van der Waals surface area (Å²) in [7, 11) is 0. The Labute approximate surface area is 233 Å². The summed E-state index contributed by atoms with van der Waals surface area (Å²) in [6, 6.07) is 16.4. The number of nitrogens with one attached hydrogen (secondary N) is 1. The number of anilines is 1. The van der Waals surface area contributed by atoms with Crippen molar-refractivity contribution in [3.05, 3.63) is 53.0 Å². The largest absolute Gasteiger partial charge is 0.356 e. The molecule has 6 rings (SSSR count). The minimum Gasteiger partial charge on any atom is -0.356 e. The molecule has 2 aromatic carbocycles. The molecule has 1 heterocycles. The van der Waals surface area contributed by atoms with Crippen molar-refractivity contribution in [2.75, 3.05) is 18.0 Å². The lowest BCUT2D eigenvalue weighted by Crippen LogP contribution is -2.46. The molecule has 0 spiro atoms. The summed E-state index contributed by atoms with van der Waals surface area (Å²) in [6.45, 7) is 4.02. The van der Waals surface area contributed by atoms with Crippen LogP contribution in [0.2, 0.25) is 0 Å². The first-order chi connectivity index (χ1) is 18.5. The molecule has 3 saturated carbocycles. The van der Waals surface area contributed by atoms with Crippen LogP contribution < -0.4 is 10.7 Å². The summed E-state index contributed by atoms with van der Waals surface area (Å²) in [5.74, 6) is 12.4. The molecule has 0 amide bonds. The van der Waals surface area contributed by atoms with E-state index in [1.54, 1.807) is 0 Å². The second-order valence-electron chi connectivity index (χ2n) is 11.7. The molecule has 6 atom stereocenters. The molecule has 3 aromatic rings. The Balaban J connectivity index is 1.32. The number of aromatic nitrogens is 2. The third-order valence-electron chi connectivity index (χ3n) is 9.32. The molecule has 38 heavy (non-hydrogen) atoms. The Bertz CT molecular complexity index is 1360. The first-order valence-electron chi connectivity index (χ1n) is 14.0. The maximum Gasteiger partial charge on any atom is 0.162 e. The van der Waals surface area contributed by atoms with Crippen LogP contribution in [0.5, 0.6) is 0 Å². The van der Waals surface area contributed by atoms with Crippen molar-refractivity contribution in [3.63, 3.8) is 0 Å². The average molecular weight is 575 g/mol. The van der Waals surface area contributed by atoms with E-state index in [9.17, 15) is 0 Å². The van der Waals surface area contributed by atoms with E-state index in [2.05, 4.69) is 68.4 Å². The third kappa shape index (κ3) is 4.95. The number of nitrogens with zero attached hydrogens (tertiary/aromatic N) is 5. The van der Waals surface area contributed by atoms with E-state index in [0.29, 0.717) is 18.8 Å². The zero-order valence-corrected chi connectivity index (χ0v) is 23.5. The molecule has 6 unspecified atom stereocenters. The number of fused-ring (bicyclic) bond motifs is 2. The minimum absolute atomic E-state index is 0.187. The summed E-state index contributed by atoms with van der Waals surface area (Å²) < 4.78 is 1.00. The Morgan fingerprint density at radius 2 is 1.84 bits per heavy atom. The Morgan fingerprint density at radius 1 is 1.03 bits per heavy atom. The van der Waals surface area contributed by atoms with Gasteiger partial charge in [-0.1, -0.05) is 52.3 Å². The van der Waals surface area contributed by atoms with Crippen LogP contribution in [0, 0.1) is 40.9 Å². The van der Waals surface area contributed by atoms with Crippen molar-refractivity contribution < 1.29 is 0 Å².